The highest BCUT2D eigenvalue weighted by Crippen LogP contribution is 2.43. The van der Waals surface area contributed by atoms with Crippen LogP contribution in [0, 0.1) is 0 Å². The molecule has 1 N–H and O–H groups in total. The van der Waals surface area contributed by atoms with Crippen molar-refractivity contribution < 1.29 is 0 Å². The number of benzene rings is 1. The molecule has 0 aromatic heterocycles. The van der Waals surface area contributed by atoms with Gasteiger partial charge in [0.2, 0.25) is 0 Å². The van der Waals surface area contributed by atoms with E-state index in [9.17, 15) is 0 Å². The number of rotatable bonds is 0. The standard InChI is InChI=1S/C13H18N2/c1-9-10(2)15-7-6-14-8-11-4-3-5-12(9)13(11)15/h3-5,9-10,14H,6-8H2,1-2H3. The van der Waals surface area contributed by atoms with E-state index in [1.165, 1.54) is 11.3 Å². The monoisotopic (exact) mass is 202 g/mol. The zero-order valence-electron chi connectivity index (χ0n) is 9.46. The number of hydrogen-bond donors (Lipinski definition) is 1. The van der Waals surface area contributed by atoms with Crippen molar-refractivity contribution in [1.82, 2.24) is 5.32 Å². The minimum atomic E-state index is 0.654. The van der Waals surface area contributed by atoms with Crippen LogP contribution in [-0.2, 0) is 6.54 Å². The van der Waals surface area contributed by atoms with Crippen molar-refractivity contribution in [2.45, 2.75) is 32.4 Å². The van der Waals surface area contributed by atoms with Gasteiger partial charge in [-0.15, -0.1) is 0 Å². The van der Waals surface area contributed by atoms with Gasteiger partial charge in [-0.3, -0.25) is 0 Å². The molecule has 80 valence electrons. The van der Waals surface area contributed by atoms with Crippen molar-refractivity contribution >= 4 is 5.69 Å². The summed E-state index contributed by atoms with van der Waals surface area (Å²) in [4.78, 5) is 2.58. The second kappa shape index (κ2) is 3.24. The number of anilines is 1. The first-order valence-corrected chi connectivity index (χ1v) is 5.88. The van der Waals surface area contributed by atoms with E-state index in [1.807, 2.05) is 0 Å². The van der Waals surface area contributed by atoms with E-state index in [0.717, 1.165) is 19.6 Å². The molecule has 1 aromatic rings. The third-order valence-electron chi connectivity index (χ3n) is 3.99. The van der Waals surface area contributed by atoms with E-state index < -0.39 is 0 Å². The normalized spacial score (nSPS) is 28.8. The van der Waals surface area contributed by atoms with Gasteiger partial charge in [-0.05, 0) is 18.1 Å². The van der Waals surface area contributed by atoms with E-state index in [0.29, 0.717) is 12.0 Å². The van der Waals surface area contributed by atoms with Crippen LogP contribution >= 0.6 is 0 Å². The molecule has 0 aliphatic carbocycles. The van der Waals surface area contributed by atoms with Crippen LogP contribution in [0.4, 0.5) is 5.69 Å². The van der Waals surface area contributed by atoms with Gasteiger partial charge in [0, 0.05) is 37.3 Å². The fraction of sp³-hybridized carbons (Fsp3) is 0.538. The second-order valence-corrected chi connectivity index (χ2v) is 4.75. The predicted octanol–water partition coefficient (Wildman–Crippen LogP) is 2.10. The molecule has 1 aromatic carbocycles. The second-order valence-electron chi connectivity index (χ2n) is 4.75. The van der Waals surface area contributed by atoms with Crippen molar-refractivity contribution in [1.29, 1.82) is 0 Å². The zero-order valence-corrected chi connectivity index (χ0v) is 9.46. The van der Waals surface area contributed by atoms with E-state index in [2.05, 4.69) is 42.3 Å². The Morgan fingerprint density at radius 1 is 1.33 bits per heavy atom. The molecule has 2 heterocycles. The van der Waals surface area contributed by atoms with Crippen LogP contribution in [0.3, 0.4) is 0 Å². The third kappa shape index (κ3) is 1.21. The van der Waals surface area contributed by atoms with Gasteiger partial charge in [-0.25, -0.2) is 0 Å². The molecule has 2 heteroatoms. The van der Waals surface area contributed by atoms with Gasteiger partial charge < -0.3 is 10.2 Å². The lowest BCUT2D eigenvalue weighted by Gasteiger charge is -2.25. The Morgan fingerprint density at radius 3 is 3.07 bits per heavy atom. The first kappa shape index (κ1) is 9.22. The third-order valence-corrected chi connectivity index (χ3v) is 3.99. The van der Waals surface area contributed by atoms with E-state index in [4.69, 9.17) is 0 Å². The molecular formula is C13H18N2. The zero-order chi connectivity index (χ0) is 10.4. The Labute approximate surface area is 91.3 Å². The average molecular weight is 202 g/mol. The Morgan fingerprint density at radius 2 is 2.20 bits per heavy atom. The van der Waals surface area contributed by atoms with Crippen molar-refractivity contribution in [3.05, 3.63) is 29.3 Å². The van der Waals surface area contributed by atoms with Crippen LogP contribution < -0.4 is 10.2 Å². The van der Waals surface area contributed by atoms with Crippen LogP contribution in [0.1, 0.15) is 30.9 Å². The number of nitrogens with one attached hydrogen (secondary N) is 1. The topological polar surface area (TPSA) is 15.3 Å². The van der Waals surface area contributed by atoms with Crippen molar-refractivity contribution in [3.63, 3.8) is 0 Å². The summed E-state index contributed by atoms with van der Waals surface area (Å²) in [5.74, 6) is 0.679. The lowest BCUT2D eigenvalue weighted by atomic mass is 9.97. The molecule has 3 rings (SSSR count). The molecule has 15 heavy (non-hydrogen) atoms. The SMILES string of the molecule is CC1c2cccc3c2N(CCNC3)C1C. The minimum Gasteiger partial charge on any atom is -0.366 e. The molecule has 0 saturated heterocycles. The summed E-state index contributed by atoms with van der Waals surface area (Å²) in [6, 6.07) is 7.41. The molecule has 0 amide bonds. The van der Waals surface area contributed by atoms with E-state index in [-0.39, 0.29) is 0 Å². The molecule has 0 saturated carbocycles. The average Bonchev–Trinajstić information content (AvgIpc) is 2.45. The number of nitrogens with zero attached hydrogens (tertiary/aromatic N) is 1. The first-order valence-electron chi connectivity index (χ1n) is 5.88. The summed E-state index contributed by atoms with van der Waals surface area (Å²) in [7, 11) is 0. The summed E-state index contributed by atoms with van der Waals surface area (Å²) in [5.41, 5.74) is 4.53. The molecule has 2 aliphatic rings. The molecule has 0 radical (unpaired) electrons. The van der Waals surface area contributed by atoms with Crippen LogP contribution in [0.25, 0.3) is 0 Å². The van der Waals surface area contributed by atoms with Crippen LogP contribution in [0.2, 0.25) is 0 Å². The maximum absolute atomic E-state index is 3.49. The van der Waals surface area contributed by atoms with Gasteiger partial charge in [0.1, 0.15) is 0 Å². The molecule has 2 nitrogen and oxygen atoms in total. The van der Waals surface area contributed by atoms with Crippen LogP contribution in [0.5, 0.6) is 0 Å². The van der Waals surface area contributed by atoms with Gasteiger partial charge in [-0.1, -0.05) is 25.1 Å². The fourth-order valence-electron chi connectivity index (χ4n) is 2.94. The highest BCUT2D eigenvalue weighted by atomic mass is 15.2. The smallest absolute Gasteiger partial charge is 0.0450 e. The van der Waals surface area contributed by atoms with E-state index >= 15 is 0 Å². The first-order chi connectivity index (χ1) is 7.29. The molecule has 0 bridgehead atoms. The molecular weight excluding hydrogens is 184 g/mol. The van der Waals surface area contributed by atoms with Crippen molar-refractivity contribution in [3.8, 4) is 0 Å². The summed E-state index contributed by atoms with van der Waals surface area (Å²) in [5, 5.41) is 3.49. The van der Waals surface area contributed by atoms with Crippen molar-refractivity contribution in [2.24, 2.45) is 0 Å². The molecule has 0 fully saturated rings. The molecule has 2 unspecified atom stereocenters. The lowest BCUT2D eigenvalue weighted by molar-refractivity contribution is 0.580. The molecule has 0 spiro atoms. The highest BCUT2D eigenvalue weighted by Gasteiger charge is 2.34. The number of para-hydroxylation sites is 1. The summed E-state index contributed by atoms with van der Waals surface area (Å²) >= 11 is 0. The summed E-state index contributed by atoms with van der Waals surface area (Å²) in [6.07, 6.45) is 0. The minimum absolute atomic E-state index is 0.654. The quantitative estimate of drug-likeness (QED) is 0.693. The van der Waals surface area contributed by atoms with Crippen molar-refractivity contribution in [2.75, 3.05) is 18.0 Å². The lowest BCUT2D eigenvalue weighted by Crippen LogP contribution is -2.34. The Hall–Kier alpha value is -1.02. The number of hydrogen-bond acceptors (Lipinski definition) is 2. The van der Waals surface area contributed by atoms with Gasteiger partial charge in [0.15, 0.2) is 0 Å². The highest BCUT2D eigenvalue weighted by molar-refractivity contribution is 5.66. The Balaban J connectivity index is 2.19. The van der Waals surface area contributed by atoms with E-state index in [1.54, 1.807) is 5.56 Å². The van der Waals surface area contributed by atoms with Gasteiger partial charge in [0.25, 0.3) is 0 Å². The summed E-state index contributed by atoms with van der Waals surface area (Å²) in [6.45, 7) is 7.97. The molecule has 2 aliphatic heterocycles. The summed E-state index contributed by atoms with van der Waals surface area (Å²) < 4.78 is 0. The molecule has 2 atom stereocenters. The van der Waals surface area contributed by atoms with Crippen LogP contribution in [0.15, 0.2) is 18.2 Å². The maximum atomic E-state index is 3.49. The fourth-order valence-corrected chi connectivity index (χ4v) is 2.94. The van der Waals surface area contributed by atoms with Crippen LogP contribution in [-0.4, -0.2) is 19.1 Å². The largest absolute Gasteiger partial charge is 0.366 e. The Kier molecular flexibility index (Phi) is 1.99. The predicted molar refractivity (Wildman–Crippen MR) is 63.4 cm³/mol. The Bertz CT molecular complexity index is 386. The van der Waals surface area contributed by atoms with Gasteiger partial charge in [0.05, 0.1) is 0 Å². The van der Waals surface area contributed by atoms with Gasteiger partial charge in [-0.2, -0.15) is 0 Å². The maximum Gasteiger partial charge on any atom is 0.0450 e. The van der Waals surface area contributed by atoms with Gasteiger partial charge >= 0.3 is 0 Å².